The van der Waals surface area contributed by atoms with E-state index in [2.05, 4.69) is 10.0 Å². The molecule has 0 bridgehead atoms. The number of nitrogens with one attached hydrogen (secondary N) is 2. The number of methoxy groups -OCH3 is 1. The minimum Gasteiger partial charge on any atom is -0.497 e. The average Bonchev–Trinajstić information content (AvgIpc) is 2.79. The molecule has 2 N–H and O–H groups in total. The lowest BCUT2D eigenvalue weighted by Gasteiger charge is -2.19. The van der Waals surface area contributed by atoms with Crippen molar-refractivity contribution in [2.45, 2.75) is 38.1 Å². The molecule has 7 heteroatoms. The van der Waals surface area contributed by atoms with Gasteiger partial charge in [0.15, 0.2) is 0 Å². The highest BCUT2D eigenvalue weighted by Crippen LogP contribution is 2.24. The van der Waals surface area contributed by atoms with Gasteiger partial charge in [-0.1, -0.05) is 43.3 Å². The van der Waals surface area contributed by atoms with Gasteiger partial charge in [-0.2, -0.15) is 0 Å². The summed E-state index contributed by atoms with van der Waals surface area (Å²) in [6.45, 7) is 5.52. The number of rotatable bonds is 8. The van der Waals surface area contributed by atoms with Crippen molar-refractivity contribution in [3.8, 4) is 5.75 Å². The van der Waals surface area contributed by atoms with E-state index in [0.717, 1.165) is 16.9 Å². The zero-order valence-corrected chi connectivity index (χ0v) is 19.5. The van der Waals surface area contributed by atoms with Crippen LogP contribution in [0.15, 0.2) is 71.6 Å². The summed E-state index contributed by atoms with van der Waals surface area (Å²) in [7, 11) is -2.26. The van der Waals surface area contributed by atoms with Gasteiger partial charge in [0, 0.05) is 5.56 Å². The molecule has 0 saturated heterocycles. The lowest BCUT2D eigenvalue weighted by Crippen LogP contribution is -2.28. The minimum absolute atomic E-state index is 0.0749. The van der Waals surface area contributed by atoms with Crippen LogP contribution in [0.25, 0.3) is 0 Å². The molecule has 32 heavy (non-hydrogen) atoms. The molecule has 0 fully saturated rings. The Morgan fingerprint density at radius 2 is 1.66 bits per heavy atom. The molecule has 0 aliphatic heterocycles. The van der Waals surface area contributed by atoms with Crippen molar-refractivity contribution in [1.82, 2.24) is 5.32 Å². The first-order valence-corrected chi connectivity index (χ1v) is 11.9. The smallest absolute Gasteiger partial charge is 0.262 e. The van der Waals surface area contributed by atoms with E-state index in [-0.39, 0.29) is 22.4 Å². The minimum atomic E-state index is -3.86. The molecule has 0 aliphatic carbocycles. The maximum absolute atomic E-state index is 13.1. The van der Waals surface area contributed by atoms with Crippen LogP contribution >= 0.6 is 0 Å². The first kappa shape index (κ1) is 23.3. The van der Waals surface area contributed by atoms with E-state index in [4.69, 9.17) is 4.74 Å². The maximum Gasteiger partial charge on any atom is 0.262 e. The van der Waals surface area contributed by atoms with Gasteiger partial charge in [-0.3, -0.25) is 9.52 Å². The first-order valence-electron chi connectivity index (χ1n) is 10.4. The molecule has 168 valence electrons. The summed E-state index contributed by atoms with van der Waals surface area (Å²) in [5, 5.41) is 3.00. The van der Waals surface area contributed by atoms with Crippen LogP contribution in [0.5, 0.6) is 5.75 Å². The number of hydrogen-bond acceptors (Lipinski definition) is 4. The van der Waals surface area contributed by atoms with Crippen LogP contribution < -0.4 is 14.8 Å². The number of hydrogen-bond donors (Lipinski definition) is 2. The lowest BCUT2D eigenvalue weighted by atomic mass is 10.0. The number of sulfonamides is 1. The summed E-state index contributed by atoms with van der Waals surface area (Å²) in [4.78, 5) is 13.0. The van der Waals surface area contributed by atoms with Crippen LogP contribution in [0.2, 0.25) is 0 Å². The van der Waals surface area contributed by atoms with Gasteiger partial charge in [0.1, 0.15) is 5.75 Å². The fraction of sp³-hybridized carbons (Fsp3) is 0.240. The van der Waals surface area contributed by atoms with Gasteiger partial charge in [-0.25, -0.2) is 8.42 Å². The van der Waals surface area contributed by atoms with Gasteiger partial charge in [0.25, 0.3) is 15.9 Å². The molecule has 0 spiro atoms. The van der Waals surface area contributed by atoms with E-state index in [1.54, 1.807) is 38.3 Å². The molecule has 3 rings (SSSR count). The van der Waals surface area contributed by atoms with Crippen LogP contribution in [0, 0.1) is 13.8 Å². The number of benzene rings is 3. The third-order valence-electron chi connectivity index (χ3n) is 5.36. The van der Waals surface area contributed by atoms with Crippen LogP contribution in [0.4, 0.5) is 5.69 Å². The van der Waals surface area contributed by atoms with Gasteiger partial charge >= 0.3 is 0 Å². The van der Waals surface area contributed by atoms with E-state index in [9.17, 15) is 13.2 Å². The molecule has 3 aromatic carbocycles. The quantitative estimate of drug-likeness (QED) is 0.504. The highest BCUT2D eigenvalue weighted by Gasteiger charge is 2.21. The van der Waals surface area contributed by atoms with Crippen molar-refractivity contribution in [2.24, 2.45) is 0 Å². The predicted octanol–water partition coefficient (Wildman–Crippen LogP) is 4.99. The average molecular weight is 453 g/mol. The Bertz CT molecular complexity index is 1200. The van der Waals surface area contributed by atoms with Crippen molar-refractivity contribution < 1.29 is 17.9 Å². The highest BCUT2D eigenvalue weighted by molar-refractivity contribution is 7.92. The fourth-order valence-electron chi connectivity index (χ4n) is 3.42. The molecule has 0 unspecified atom stereocenters. The molecule has 0 heterocycles. The van der Waals surface area contributed by atoms with Crippen LogP contribution in [-0.4, -0.2) is 21.4 Å². The standard InChI is InChI=1S/C25H28N2O4S/c1-5-22(19-12-14-21(31-4)15-13-19)26-25(28)20-11-10-18(3)24(16-20)32(29,30)27-23-9-7-6-8-17(23)2/h6-16,22,27H,5H2,1-4H3,(H,26,28)/t22-/m1/s1. The first-order chi connectivity index (χ1) is 15.2. The van der Waals surface area contributed by atoms with Crippen LogP contribution in [0.1, 0.15) is 46.4 Å². The molecule has 1 amide bonds. The Morgan fingerprint density at radius 3 is 2.28 bits per heavy atom. The SMILES string of the molecule is CC[C@@H](NC(=O)c1ccc(C)c(S(=O)(=O)Nc2ccccc2C)c1)c1ccc(OC)cc1. The molecule has 0 saturated carbocycles. The Morgan fingerprint density at radius 1 is 0.969 bits per heavy atom. The van der Waals surface area contributed by atoms with Crippen molar-refractivity contribution in [1.29, 1.82) is 0 Å². The van der Waals surface area contributed by atoms with E-state index < -0.39 is 10.0 Å². The van der Waals surface area contributed by atoms with Gasteiger partial charge < -0.3 is 10.1 Å². The molecular weight excluding hydrogens is 424 g/mol. The number of para-hydroxylation sites is 1. The fourth-order valence-corrected chi connectivity index (χ4v) is 4.82. The van der Waals surface area contributed by atoms with Crippen molar-refractivity contribution >= 4 is 21.6 Å². The predicted molar refractivity (Wildman–Crippen MR) is 127 cm³/mol. The van der Waals surface area contributed by atoms with Gasteiger partial charge in [-0.05, 0) is 67.3 Å². The summed E-state index contributed by atoms with van der Waals surface area (Å²) in [5.41, 5.74) is 3.11. The Kier molecular flexibility index (Phi) is 7.20. The monoisotopic (exact) mass is 452 g/mol. The normalized spacial score (nSPS) is 12.1. The van der Waals surface area contributed by atoms with Gasteiger partial charge in [0.2, 0.25) is 0 Å². The summed E-state index contributed by atoms with van der Waals surface area (Å²) < 4.78 is 33.9. The zero-order valence-electron chi connectivity index (χ0n) is 18.7. The second kappa shape index (κ2) is 9.87. The summed E-state index contributed by atoms with van der Waals surface area (Å²) >= 11 is 0. The number of amides is 1. The number of anilines is 1. The third-order valence-corrected chi connectivity index (χ3v) is 6.87. The molecule has 6 nitrogen and oxygen atoms in total. The number of carbonyl (C=O) groups excluding carboxylic acids is 1. The number of aryl methyl sites for hydroxylation is 2. The Hall–Kier alpha value is -3.32. The lowest BCUT2D eigenvalue weighted by molar-refractivity contribution is 0.0935. The summed E-state index contributed by atoms with van der Waals surface area (Å²) in [6.07, 6.45) is 0.684. The van der Waals surface area contributed by atoms with E-state index in [1.165, 1.54) is 6.07 Å². The molecule has 3 aromatic rings. The highest BCUT2D eigenvalue weighted by atomic mass is 32.2. The number of ether oxygens (including phenoxy) is 1. The van der Waals surface area contributed by atoms with E-state index in [0.29, 0.717) is 17.7 Å². The molecule has 0 radical (unpaired) electrons. The molecule has 1 atom stereocenters. The second-order valence-corrected chi connectivity index (χ2v) is 9.26. The van der Waals surface area contributed by atoms with Crippen molar-refractivity contribution in [3.63, 3.8) is 0 Å². The van der Waals surface area contributed by atoms with Crippen molar-refractivity contribution in [3.05, 3.63) is 89.0 Å². The van der Waals surface area contributed by atoms with E-state index in [1.807, 2.05) is 50.2 Å². The van der Waals surface area contributed by atoms with Crippen LogP contribution in [0.3, 0.4) is 0 Å². The molecular formula is C25H28N2O4S. The Labute approximate surface area is 189 Å². The largest absolute Gasteiger partial charge is 0.497 e. The Balaban J connectivity index is 1.85. The van der Waals surface area contributed by atoms with E-state index >= 15 is 0 Å². The second-order valence-electron chi connectivity index (χ2n) is 7.61. The summed E-state index contributed by atoms with van der Waals surface area (Å²) in [5.74, 6) is 0.407. The third kappa shape index (κ3) is 5.29. The van der Waals surface area contributed by atoms with Gasteiger partial charge in [0.05, 0.1) is 23.7 Å². The zero-order chi connectivity index (χ0) is 23.3. The van der Waals surface area contributed by atoms with Gasteiger partial charge in [-0.15, -0.1) is 0 Å². The topological polar surface area (TPSA) is 84.5 Å². The number of carbonyl (C=O) groups is 1. The van der Waals surface area contributed by atoms with Crippen molar-refractivity contribution in [2.75, 3.05) is 11.8 Å². The maximum atomic E-state index is 13.1. The summed E-state index contributed by atoms with van der Waals surface area (Å²) in [6, 6.07) is 19.2. The van der Waals surface area contributed by atoms with Crippen LogP contribution in [-0.2, 0) is 10.0 Å². The molecule has 0 aliphatic rings. The molecule has 0 aromatic heterocycles.